The highest BCUT2D eigenvalue weighted by molar-refractivity contribution is 5.78. The van der Waals surface area contributed by atoms with Crippen LogP contribution in [0.15, 0.2) is 35.5 Å². The van der Waals surface area contributed by atoms with Crippen molar-refractivity contribution in [3.05, 3.63) is 36.8 Å². The fourth-order valence-corrected chi connectivity index (χ4v) is 0.529. The van der Waals surface area contributed by atoms with Crippen LogP contribution >= 0.6 is 0 Å². The third-order valence-electron chi connectivity index (χ3n) is 1.13. The van der Waals surface area contributed by atoms with Gasteiger partial charge in [0.25, 0.3) is 0 Å². The number of carboxylic acid groups (broad SMARTS) is 1. The van der Waals surface area contributed by atoms with Crippen LogP contribution < -0.4 is 0 Å². The lowest BCUT2D eigenvalue weighted by molar-refractivity contribution is -0.131. The maximum Gasteiger partial charge on any atom is 0.327 e. The van der Waals surface area contributed by atoms with Gasteiger partial charge in [0.05, 0.1) is 6.26 Å². The van der Waals surface area contributed by atoms with Crippen LogP contribution in [-0.4, -0.2) is 16.2 Å². The Morgan fingerprint density at radius 2 is 2.31 bits per heavy atom. The van der Waals surface area contributed by atoms with Crippen molar-refractivity contribution < 1.29 is 19.4 Å². The van der Waals surface area contributed by atoms with Crippen molar-refractivity contribution in [3.63, 3.8) is 0 Å². The fourth-order valence-electron chi connectivity index (χ4n) is 0.529. The molecule has 13 heavy (non-hydrogen) atoms. The van der Waals surface area contributed by atoms with E-state index in [1.807, 2.05) is 0 Å². The smallest absolute Gasteiger partial charge is 0.327 e. The second kappa shape index (κ2) is 6.02. The monoisotopic (exact) mass is 184 g/mol. The van der Waals surface area contributed by atoms with Crippen LogP contribution in [0.4, 0.5) is 0 Å². The first kappa shape index (κ1) is 11.4. The highest BCUT2D eigenvalue weighted by Gasteiger charge is 1.99. The summed E-state index contributed by atoms with van der Waals surface area (Å²) in [5, 5.41) is 16.4. The van der Waals surface area contributed by atoms with Gasteiger partial charge in [0.15, 0.2) is 0 Å². The SMILES string of the molecule is C=CC(=O)O.CC(O)c1ccco1. The first-order valence-corrected chi connectivity index (χ1v) is 3.64. The first-order chi connectivity index (χ1) is 6.07. The lowest BCUT2D eigenvalue weighted by atomic mass is 10.3. The molecule has 1 atom stereocenters. The van der Waals surface area contributed by atoms with E-state index in [2.05, 4.69) is 6.58 Å². The van der Waals surface area contributed by atoms with Crippen LogP contribution in [0.1, 0.15) is 18.8 Å². The average Bonchev–Trinajstić information content (AvgIpc) is 2.57. The molecule has 0 fully saturated rings. The number of aliphatic hydroxyl groups excluding tert-OH is 1. The summed E-state index contributed by atoms with van der Waals surface area (Å²) < 4.78 is 4.84. The third kappa shape index (κ3) is 5.69. The predicted octanol–water partition coefficient (Wildman–Crippen LogP) is 1.59. The van der Waals surface area contributed by atoms with E-state index in [1.54, 1.807) is 25.3 Å². The summed E-state index contributed by atoms with van der Waals surface area (Å²) in [5.74, 6) is -0.366. The molecule has 1 heterocycles. The molecule has 0 bridgehead atoms. The number of carboxylic acids is 1. The molecule has 72 valence electrons. The van der Waals surface area contributed by atoms with Gasteiger partial charge in [-0.05, 0) is 19.1 Å². The highest BCUT2D eigenvalue weighted by Crippen LogP contribution is 2.10. The molecular formula is C9H12O4. The van der Waals surface area contributed by atoms with Crippen LogP contribution in [0.5, 0.6) is 0 Å². The minimum Gasteiger partial charge on any atom is -0.478 e. The molecule has 1 aromatic heterocycles. The van der Waals surface area contributed by atoms with Crippen LogP contribution in [0.2, 0.25) is 0 Å². The van der Waals surface area contributed by atoms with Gasteiger partial charge >= 0.3 is 5.97 Å². The number of hydrogen-bond acceptors (Lipinski definition) is 3. The molecule has 4 heteroatoms. The Bertz CT molecular complexity index is 249. The molecule has 0 aliphatic rings. The molecule has 0 radical (unpaired) electrons. The Labute approximate surface area is 76.1 Å². The summed E-state index contributed by atoms with van der Waals surface area (Å²) in [6.45, 7) is 4.63. The van der Waals surface area contributed by atoms with Crippen LogP contribution in [0.25, 0.3) is 0 Å². The van der Waals surface area contributed by atoms with Crippen LogP contribution in [0, 0.1) is 0 Å². The van der Waals surface area contributed by atoms with Gasteiger partial charge in [0, 0.05) is 6.08 Å². The molecule has 1 rings (SSSR count). The van der Waals surface area contributed by atoms with Crippen molar-refractivity contribution in [2.45, 2.75) is 13.0 Å². The molecule has 1 unspecified atom stereocenters. The Morgan fingerprint density at radius 3 is 2.46 bits per heavy atom. The highest BCUT2D eigenvalue weighted by atomic mass is 16.4. The zero-order valence-corrected chi connectivity index (χ0v) is 7.30. The maximum atomic E-state index is 9.25. The van der Waals surface area contributed by atoms with E-state index in [-0.39, 0.29) is 0 Å². The number of rotatable bonds is 2. The van der Waals surface area contributed by atoms with Crippen molar-refractivity contribution in [2.24, 2.45) is 0 Å². The lowest BCUT2D eigenvalue weighted by Gasteiger charge is -1.94. The zero-order valence-electron chi connectivity index (χ0n) is 7.30. The summed E-state index contributed by atoms with van der Waals surface area (Å²) in [4.78, 5) is 9.25. The number of furan rings is 1. The molecule has 0 aromatic carbocycles. The van der Waals surface area contributed by atoms with Crippen molar-refractivity contribution in [1.82, 2.24) is 0 Å². The number of aliphatic hydroxyl groups is 1. The fraction of sp³-hybridized carbons (Fsp3) is 0.222. The molecular weight excluding hydrogens is 172 g/mol. The summed E-state index contributed by atoms with van der Waals surface area (Å²) >= 11 is 0. The third-order valence-corrected chi connectivity index (χ3v) is 1.13. The van der Waals surface area contributed by atoms with E-state index >= 15 is 0 Å². The topological polar surface area (TPSA) is 70.7 Å². The number of aliphatic carboxylic acids is 1. The van der Waals surface area contributed by atoms with Gasteiger partial charge in [-0.1, -0.05) is 6.58 Å². The molecule has 0 saturated carbocycles. The maximum absolute atomic E-state index is 9.25. The second-order valence-electron chi connectivity index (χ2n) is 2.23. The van der Waals surface area contributed by atoms with Gasteiger partial charge in [0.2, 0.25) is 0 Å². The Hall–Kier alpha value is -1.55. The van der Waals surface area contributed by atoms with Gasteiger partial charge in [-0.25, -0.2) is 4.79 Å². The van der Waals surface area contributed by atoms with E-state index in [1.165, 1.54) is 0 Å². The van der Waals surface area contributed by atoms with E-state index in [4.69, 9.17) is 14.6 Å². The minimum atomic E-state index is -0.981. The summed E-state index contributed by atoms with van der Waals surface area (Å²) in [7, 11) is 0. The summed E-state index contributed by atoms with van der Waals surface area (Å²) in [5.41, 5.74) is 0. The standard InChI is InChI=1S/C6H8O2.C3H4O2/c1-5(7)6-3-2-4-8-6;1-2-3(4)5/h2-5,7H,1H3;2H,1H2,(H,4,5). The molecule has 1 aromatic rings. The molecule has 0 saturated heterocycles. The Balaban J connectivity index is 0.000000252. The van der Waals surface area contributed by atoms with Gasteiger partial charge < -0.3 is 14.6 Å². The van der Waals surface area contributed by atoms with Crippen molar-refractivity contribution in [2.75, 3.05) is 0 Å². The molecule has 0 spiro atoms. The summed E-state index contributed by atoms with van der Waals surface area (Å²) in [6.07, 6.45) is 1.90. The van der Waals surface area contributed by atoms with Gasteiger partial charge in [0.1, 0.15) is 11.9 Å². The van der Waals surface area contributed by atoms with E-state index in [0.29, 0.717) is 5.76 Å². The first-order valence-electron chi connectivity index (χ1n) is 3.64. The number of hydrogen-bond donors (Lipinski definition) is 2. The molecule has 4 nitrogen and oxygen atoms in total. The van der Waals surface area contributed by atoms with Gasteiger partial charge in [-0.2, -0.15) is 0 Å². The van der Waals surface area contributed by atoms with E-state index in [9.17, 15) is 4.79 Å². The predicted molar refractivity (Wildman–Crippen MR) is 47.2 cm³/mol. The number of carbonyl (C=O) groups is 1. The van der Waals surface area contributed by atoms with E-state index in [0.717, 1.165) is 6.08 Å². The Morgan fingerprint density at radius 1 is 1.77 bits per heavy atom. The van der Waals surface area contributed by atoms with Gasteiger partial charge in [-0.3, -0.25) is 0 Å². The lowest BCUT2D eigenvalue weighted by Crippen LogP contribution is -1.84. The summed E-state index contributed by atoms with van der Waals surface area (Å²) in [6, 6.07) is 3.49. The van der Waals surface area contributed by atoms with Crippen molar-refractivity contribution >= 4 is 5.97 Å². The van der Waals surface area contributed by atoms with Crippen molar-refractivity contribution in [1.29, 1.82) is 0 Å². The zero-order chi connectivity index (χ0) is 10.3. The molecule has 0 amide bonds. The molecule has 0 aliphatic heterocycles. The second-order valence-corrected chi connectivity index (χ2v) is 2.23. The van der Waals surface area contributed by atoms with Crippen LogP contribution in [-0.2, 0) is 4.79 Å². The molecule has 0 aliphatic carbocycles. The van der Waals surface area contributed by atoms with Gasteiger partial charge in [-0.15, -0.1) is 0 Å². The molecule has 2 N–H and O–H groups in total. The quantitative estimate of drug-likeness (QED) is 0.684. The minimum absolute atomic E-state index is 0.481. The van der Waals surface area contributed by atoms with Crippen molar-refractivity contribution in [3.8, 4) is 0 Å². The Kier molecular flexibility index (Phi) is 5.30. The van der Waals surface area contributed by atoms with E-state index < -0.39 is 12.1 Å². The normalized spacial score (nSPS) is 10.9. The largest absolute Gasteiger partial charge is 0.478 e. The van der Waals surface area contributed by atoms with Crippen LogP contribution in [0.3, 0.4) is 0 Å². The average molecular weight is 184 g/mol.